The van der Waals surface area contributed by atoms with Crippen LogP contribution in [0.1, 0.15) is 33.6 Å². The molecule has 0 aromatic heterocycles. The van der Waals surface area contributed by atoms with E-state index in [1.165, 1.54) is 0 Å². The molecule has 0 radical (unpaired) electrons. The Kier molecular flexibility index (Phi) is 4.44. The van der Waals surface area contributed by atoms with E-state index in [2.05, 4.69) is 6.58 Å². The summed E-state index contributed by atoms with van der Waals surface area (Å²) in [4.78, 5) is 10.8. The Morgan fingerprint density at radius 1 is 1.47 bits per heavy atom. The number of hydrogen-bond acceptors (Lipinski definition) is 2. The van der Waals surface area contributed by atoms with Crippen LogP contribution in [-0.2, 0) is 0 Å². The smallest absolute Gasteiger partial charge is 0.258 e. The van der Waals surface area contributed by atoms with Crippen LogP contribution in [-0.4, -0.2) is 4.92 Å². The lowest BCUT2D eigenvalue weighted by Crippen LogP contribution is -2.08. The van der Waals surface area contributed by atoms with Gasteiger partial charge in [0.15, 0.2) is 0 Å². The first-order chi connectivity index (χ1) is 7.93. The number of allylic oxidation sites excluding steroid dienone is 6. The van der Waals surface area contributed by atoms with E-state index < -0.39 is 0 Å². The molecule has 0 spiro atoms. The Balaban J connectivity index is 3.19. The van der Waals surface area contributed by atoms with Crippen molar-refractivity contribution in [3.63, 3.8) is 0 Å². The van der Waals surface area contributed by atoms with Gasteiger partial charge in [-0.05, 0) is 31.3 Å². The summed E-state index contributed by atoms with van der Waals surface area (Å²) in [6, 6.07) is 0. The van der Waals surface area contributed by atoms with Crippen LogP contribution >= 0.6 is 0 Å². The van der Waals surface area contributed by atoms with E-state index >= 15 is 0 Å². The molecule has 0 bridgehead atoms. The van der Waals surface area contributed by atoms with E-state index in [0.717, 1.165) is 29.6 Å². The van der Waals surface area contributed by atoms with Crippen molar-refractivity contribution in [3.8, 4) is 0 Å². The van der Waals surface area contributed by atoms with Crippen molar-refractivity contribution >= 4 is 0 Å². The van der Waals surface area contributed by atoms with Crippen LogP contribution < -0.4 is 0 Å². The van der Waals surface area contributed by atoms with E-state index in [1.807, 2.05) is 32.9 Å². The molecule has 1 aliphatic rings. The molecule has 92 valence electrons. The van der Waals surface area contributed by atoms with Crippen LogP contribution in [0.15, 0.2) is 47.2 Å². The van der Waals surface area contributed by atoms with Gasteiger partial charge < -0.3 is 0 Å². The number of hydrogen-bond donors (Lipinski definition) is 0. The van der Waals surface area contributed by atoms with Crippen LogP contribution in [0.2, 0.25) is 0 Å². The number of nitrogens with zero attached hydrogens (tertiary/aromatic N) is 1. The SMILES string of the molecule is C=C(C)\C1=C/C=C([N+](=O)[O-])\C(C(C)C)=C/CC1. The van der Waals surface area contributed by atoms with Crippen molar-refractivity contribution in [1.29, 1.82) is 0 Å². The Bertz CT molecular complexity index is 426. The van der Waals surface area contributed by atoms with Gasteiger partial charge in [0.05, 0.1) is 4.92 Å². The predicted octanol–water partition coefficient (Wildman–Crippen LogP) is 4.03. The molecule has 0 saturated heterocycles. The molecule has 17 heavy (non-hydrogen) atoms. The average molecular weight is 233 g/mol. The summed E-state index contributed by atoms with van der Waals surface area (Å²) >= 11 is 0. The minimum absolute atomic E-state index is 0.173. The van der Waals surface area contributed by atoms with Gasteiger partial charge in [0.1, 0.15) is 0 Å². The molecule has 0 unspecified atom stereocenters. The molecular formula is C14H19NO2. The Morgan fingerprint density at radius 3 is 2.59 bits per heavy atom. The summed E-state index contributed by atoms with van der Waals surface area (Å²) in [6.45, 7) is 9.78. The van der Waals surface area contributed by atoms with E-state index in [-0.39, 0.29) is 16.5 Å². The fraction of sp³-hybridized carbons (Fsp3) is 0.429. The van der Waals surface area contributed by atoms with E-state index in [9.17, 15) is 10.1 Å². The van der Waals surface area contributed by atoms with Gasteiger partial charge in [-0.3, -0.25) is 10.1 Å². The third-order valence-electron chi connectivity index (χ3n) is 2.88. The molecule has 3 nitrogen and oxygen atoms in total. The topological polar surface area (TPSA) is 43.1 Å². The molecule has 0 N–H and O–H groups in total. The maximum atomic E-state index is 11.1. The van der Waals surface area contributed by atoms with Crippen molar-refractivity contribution in [1.82, 2.24) is 0 Å². The standard InChI is InChI=1S/C14H19NO2/c1-10(2)12-6-5-7-13(11(3)4)14(9-8-12)15(16)17/h7-9,11H,1,5-6H2,2-4H3/b12-8-,13-7-,14-9+. The van der Waals surface area contributed by atoms with Crippen molar-refractivity contribution in [2.24, 2.45) is 5.92 Å². The van der Waals surface area contributed by atoms with Crippen LogP contribution in [0.3, 0.4) is 0 Å². The van der Waals surface area contributed by atoms with Crippen molar-refractivity contribution in [3.05, 3.63) is 57.3 Å². The van der Waals surface area contributed by atoms with Crippen LogP contribution in [0.25, 0.3) is 0 Å². The molecule has 0 saturated carbocycles. The van der Waals surface area contributed by atoms with Gasteiger partial charge in [0.2, 0.25) is 0 Å². The summed E-state index contributed by atoms with van der Waals surface area (Å²) in [5.74, 6) is 0.173. The fourth-order valence-electron chi connectivity index (χ4n) is 1.90. The second-order valence-corrected chi connectivity index (χ2v) is 4.63. The van der Waals surface area contributed by atoms with Gasteiger partial charge in [-0.1, -0.05) is 38.2 Å². The molecule has 0 atom stereocenters. The number of nitro groups is 1. The van der Waals surface area contributed by atoms with Crippen LogP contribution in [0, 0.1) is 16.0 Å². The highest BCUT2D eigenvalue weighted by molar-refractivity contribution is 5.37. The predicted molar refractivity (Wildman–Crippen MR) is 70.1 cm³/mol. The van der Waals surface area contributed by atoms with Gasteiger partial charge in [-0.2, -0.15) is 0 Å². The van der Waals surface area contributed by atoms with E-state index in [1.54, 1.807) is 6.08 Å². The van der Waals surface area contributed by atoms with Crippen molar-refractivity contribution in [2.45, 2.75) is 33.6 Å². The van der Waals surface area contributed by atoms with Gasteiger partial charge in [-0.15, -0.1) is 0 Å². The second-order valence-electron chi connectivity index (χ2n) is 4.63. The highest BCUT2D eigenvalue weighted by atomic mass is 16.6. The maximum absolute atomic E-state index is 11.1. The van der Waals surface area contributed by atoms with Crippen LogP contribution in [0.4, 0.5) is 0 Å². The normalized spacial score (nSPS) is 25.8. The van der Waals surface area contributed by atoms with Crippen molar-refractivity contribution in [2.75, 3.05) is 0 Å². The Labute approximate surface area is 102 Å². The summed E-state index contributed by atoms with van der Waals surface area (Å²) in [6.07, 6.45) is 7.14. The molecule has 0 amide bonds. The van der Waals surface area contributed by atoms with Gasteiger partial charge in [0, 0.05) is 11.6 Å². The van der Waals surface area contributed by atoms with E-state index in [0.29, 0.717) is 0 Å². The zero-order valence-corrected chi connectivity index (χ0v) is 10.7. The summed E-state index contributed by atoms with van der Waals surface area (Å²) in [5.41, 5.74) is 3.10. The molecule has 0 heterocycles. The molecule has 0 aromatic rings. The van der Waals surface area contributed by atoms with Gasteiger partial charge >= 0.3 is 0 Å². The third kappa shape index (κ3) is 3.41. The average Bonchev–Trinajstić information content (AvgIpc) is 2.15. The monoisotopic (exact) mass is 233 g/mol. The zero-order valence-electron chi connectivity index (χ0n) is 10.7. The first-order valence-corrected chi connectivity index (χ1v) is 5.85. The lowest BCUT2D eigenvalue weighted by atomic mass is 9.93. The molecule has 1 rings (SSSR count). The molecule has 0 fully saturated rings. The third-order valence-corrected chi connectivity index (χ3v) is 2.88. The largest absolute Gasteiger partial charge is 0.272 e. The summed E-state index contributed by atoms with van der Waals surface area (Å²) in [5, 5.41) is 11.1. The second kappa shape index (κ2) is 5.62. The van der Waals surface area contributed by atoms with Crippen LogP contribution in [0.5, 0.6) is 0 Å². The molecule has 3 heteroatoms. The van der Waals surface area contributed by atoms with Gasteiger partial charge in [0.25, 0.3) is 5.70 Å². The molecule has 0 aromatic carbocycles. The highest BCUT2D eigenvalue weighted by Gasteiger charge is 2.20. The maximum Gasteiger partial charge on any atom is 0.272 e. The van der Waals surface area contributed by atoms with Gasteiger partial charge in [-0.25, -0.2) is 0 Å². The lowest BCUT2D eigenvalue weighted by Gasteiger charge is -2.12. The minimum Gasteiger partial charge on any atom is -0.258 e. The molecule has 1 aliphatic carbocycles. The quantitative estimate of drug-likeness (QED) is 0.545. The fourth-order valence-corrected chi connectivity index (χ4v) is 1.90. The number of rotatable bonds is 3. The molecule has 0 aliphatic heterocycles. The highest BCUT2D eigenvalue weighted by Crippen LogP contribution is 2.26. The zero-order chi connectivity index (χ0) is 13.0. The Morgan fingerprint density at radius 2 is 2.12 bits per heavy atom. The minimum atomic E-state index is -0.302. The Hall–Kier alpha value is -1.64. The first kappa shape index (κ1) is 13.4. The van der Waals surface area contributed by atoms with E-state index in [4.69, 9.17) is 0 Å². The summed E-state index contributed by atoms with van der Waals surface area (Å²) < 4.78 is 0. The summed E-state index contributed by atoms with van der Waals surface area (Å²) in [7, 11) is 0. The molecular weight excluding hydrogens is 214 g/mol. The lowest BCUT2D eigenvalue weighted by molar-refractivity contribution is -0.421. The first-order valence-electron chi connectivity index (χ1n) is 5.85. The van der Waals surface area contributed by atoms with Crippen molar-refractivity contribution < 1.29 is 4.92 Å².